The van der Waals surface area contributed by atoms with Gasteiger partial charge < -0.3 is 15.8 Å². The van der Waals surface area contributed by atoms with E-state index >= 15 is 0 Å². The molecule has 0 rings (SSSR count). The molecule has 0 saturated heterocycles. The molecule has 0 fully saturated rings. The number of hydrogen-bond donors (Lipinski definition) is 2. The van der Waals surface area contributed by atoms with Gasteiger partial charge in [0.25, 0.3) is 0 Å². The van der Waals surface area contributed by atoms with Crippen LogP contribution in [-0.2, 0) is 9.59 Å². The molecule has 0 saturated carbocycles. The number of carbonyl (C=O) groups excluding carboxylic acids is 2. The lowest BCUT2D eigenvalue weighted by Gasteiger charge is -1.99. The SMILES string of the molecule is CC(=O)NCC(=O)[Si]CCCN. The molecule has 0 aliphatic carbocycles. The zero-order chi connectivity index (χ0) is 9.40. The Morgan fingerprint density at radius 3 is 2.67 bits per heavy atom. The van der Waals surface area contributed by atoms with Crippen molar-refractivity contribution in [3.8, 4) is 0 Å². The Morgan fingerprint density at radius 1 is 1.50 bits per heavy atom. The molecule has 4 nitrogen and oxygen atoms in total. The van der Waals surface area contributed by atoms with Gasteiger partial charge in [-0.3, -0.25) is 4.79 Å². The number of carbonyl (C=O) groups is 2. The molecule has 2 radical (unpaired) electrons. The summed E-state index contributed by atoms with van der Waals surface area (Å²) in [6, 6.07) is 0.842. The first-order valence-electron chi connectivity index (χ1n) is 3.88. The quantitative estimate of drug-likeness (QED) is 0.418. The second-order valence-electron chi connectivity index (χ2n) is 2.40. The van der Waals surface area contributed by atoms with Gasteiger partial charge in [-0.25, -0.2) is 0 Å². The van der Waals surface area contributed by atoms with Crippen LogP contribution in [0, 0.1) is 0 Å². The summed E-state index contributed by atoms with van der Waals surface area (Å²) in [4.78, 5) is 21.4. The van der Waals surface area contributed by atoms with E-state index in [0.29, 0.717) is 6.54 Å². The first-order chi connectivity index (χ1) is 5.66. The van der Waals surface area contributed by atoms with Gasteiger partial charge in [-0.1, -0.05) is 6.04 Å². The highest BCUT2D eigenvalue weighted by atomic mass is 28.2. The highest BCUT2D eigenvalue weighted by Crippen LogP contribution is 1.85. The van der Waals surface area contributed by atoms with Crippen molar-refractivity contribution in [3.05, 3.63) is 0 Å². The first kappa shape index (κ1) is 11.3. The van der Waals surface area contributed by atoms with Gasteiger partial charge in [0, 0.05) is 6.92 Å². The van der Waals surface area contributed by atoms with E-state index in [1.807, 2.05) is 0 Å². The largest absolute Gasteiger partial charge is 0.350 e. The van der Waals surface area contributed by atoms with E-state index in [4.69, 9.17) is 5.73 Å². The van der Waals surface area contributed by atoms with Crippen LogP contribution in [0.15, 0.2) is 0 Å². The Morgan fingerprint density at radius 2 is 2.17 bits per heavy atom. The van der Waals surface area contributed by atoms with Gasteiger partial charge in [-0.15, -0.1) is 0 Å². The van der Waals surface area contributed by atoms with Gasteiger partial charge in [0.05, 0.1) is 6.54 Å². The van der Waals surface area contributed by atoms with Crippen LogP contribution in [0.1, 0.15) is 13.3 Å². The lowest BCUT2D eigenvalue weighted by atomic mass is 10.5. The molecule has 0 unspecified atom stereocenters. The molecule has 1 amide bonds. The van der Waals surface area contributed by atoms with E-state index in [2.05, 4.69) is 5.32 Å². The van der Waals surface area contributed by atoms with Crippen LogP contribution in [0.4, 0.5) is 0 Å². The third-order valence-electron chi connectivity index (χ3n) is 1.20. The maximum Gasteiger partial charge on any atom is 0.217 e. The molecule has 12 heavy (non-hydrogen) atoms. The third kappa shape index (κ3) is 7.42. The van der Waals surface area contributed by atoms with Crippen LogP contribution in [0.2, 0.25) is 6.04 Å². The molecule has 0 bridgehead atoms. The summed E-state index contributed by atoms with van der Waals surface area (Å²) in [6.45, 7) is 2.19. The van der Waals surface area contributed by atoms with E-state index in [1.165, 1.54) is 6.92 Å². The predicted molar refractivity (Wildman–Crippen MR) is 47.9 cm³/mol. The third-order valence-corrected chi connectivity index (χ3v) is 2.38. The van der Waals surface area contributed by atoms with Crippen LogP contribution in [0.25, 0.3) is 0 Å². The van der Waals surface area contributed by atoms with E-state index in [1.54, 1.807) is 0 Å². The van der Waals surface area contributed by atoms with Crippen molar-refractivity contribution in [2.75, 3.05) is 13.1 Å². The standard InChI is InChI=1S/C7H14N2O2Si/c1-6(10)9-5-7(11)12-4-2-3-8/h2-5,8H2,1H3,(H,9,10). The molecule has 0 spiro atoms. The number of hydrogen-bond acceptors (Lipinski definition) is 3. The number of nitrogens with one attached hydrogen (secondary N) is 1. The maximum atomic E-state index is 11.0. The molecular weight excluding hydrogens is 172 g/mol. The molecule has 0 aliphatic heterocycles. The molecule has 0 aliphatic rings. The maximum absolute atomic E-state index is 11.0. The summed E-state index contributed by atoms with van der Waals surface area (Å²) in [7, 11) is 0.279. The minimum absolute atomic E-state index is 0.0960. The number of amides is 1. The smallest absolute Gasteiger partial charge is 0.217 e. The van der Waals surface area contributed by atoms with Crippen molar-refractivity contribution >= 4 is 20.8 Å². The minimum Gasteiger partial charge on any atom is -0.350 e. The fourth-order valence-electron chi connectivity index (χ4n) is 0.597. The second kappa shape index (κ2) is 6.99. The van der Waals surface area contributed by atoms with Gasteiger partial charge in [0.2, 0.25) is 5.91 Å². The van der Waals surface area contributed by atoms with E-state index in [0.717, 1.165) is 12.5 Å². The van der Waals surface area contributed by atoms with Crippen molar-refractivity contribution in [1.29, 1.82) is 0 Å². The van der Waals surface area contributed by atoms with Crippen LogP contribution in [0.5, 0.6) is 0 Å². The van der Waals surface area contributed by atoms with Gasteiger partial charge in [-0.05, 0) is 13.0 Å². The summed E-state index contributed by atoms with van der Waals surface area (Å²) in [5, 5.41) is 2.56. The number of nitrogens with two attached hydrogens (primary N) is 1. The number of rotatable bonds is 6. The molecule has 68 valence electrons. The average molecular weight is 186 g/mol. The normalized spacial score (nSPS) is 9.50. The van der Waals surface area contributed by atoms with Crippen molar-refractivity contribution < 1.29 is 9.59 Å². The van der Waals surface area contributed by atoms with Gasteiger partial charge in [0.1, 0.15) is 14.9 Å². The van der Waals surface area contributed by atoms with E-state index in [9.17, 15) is 9.59 Å². The average Bonchev–Trinajstić information content (AvgIpc) is 2.01. The summed E-state index contributed by atoms with van der Waals surface area (Å²) in [6.07, 6.45) is 0.879. The Balaban J connectivity index is 3.28. The highest BCUT2D eigenvalue weighted by Gasteiger charge is 2.02. The second-order valence-corrected chi connectivity index (χ2v) is 3.81. The molecule has 0 aromatic heterocycles. The Kier molecular flexibility index (Phi) is 6.59. The molecule has 0 heterocycles. The van der Waals surface area contributed by atoms with Crippen molar-refractivity contribution in [1.82, 2.24) is 5.32 Å². The molecule has 0 atom stereocenters. The summed E-state index contributed by atoms with van der Waals surface area (Å²) < 4.78 is 0. The Labute approximate surface area is 74.7 Å². The molecule has 0 aromatic carbocycles. The fourth-order valence-corrected chi connectivity index (χ4v) is 1.47. The molecule has 3 N–H and O–H groups in total. The zero-order valence-corrected chi connectivity index (χ0v) is 8.22. The van der Waals surface area contributed by atoms with Crippen LogP contribution >= 0.6 is 0 Å². The molecular formula is C7H14N2O2Si. The fraction of sp³-hybridized carbons (Fsp3) is 0.714. The minimum atomic E-state index is -0.160. The van der Waals surface area contributed by atoms with Crippen molar-refractivity contribution in [2.45, 2.75) is 19.4 Å². The predicted octanol–water partition coefficient (Wildman–Crippen LogP) is -0.880. The van der Waals surface area contributed by atoms with E-state index in [-0.39, 0.29) is 27.4 Å². The van der Waals surface area contributed by atoms with Gasteiger partial charge in [-0.2, -0.15) is 0 Å². The zero-order valence-electron chi connectivity index (χ0n) is 7.22. The first-order valence-corrected chi connectivity index (χ1v) is 5.08. The van der Waals surface area contributed by atoms with Crippen molar-refractivity contribution in [3.63, 3.8) is 0 Å². The summed E-state index contributed by atoms with van der Waals surface area (Å²) in [5.41, 5.74) is 5.26. The Bertz CT molecular complexity index is 161. The lowest BCUT2D eigenvalue weighted by molar-refractivity contribution is -0.121. The highest BCUT2D eigenvalue weighted by molar-refractivity contribution is 6.74. The van der Waals surface area contributed by atoms with E-state index < -0.39 is 0 Å². The summed E-state index contributed by atoms with van der Waals surface area (Å²) in [5.74, 6) is -0.160. The molecule has 0 aromatic rings. The summed E-state index contributed by atoms with van der Waals surface area (Å²) >= 11 is 0. The van der Waals surface area contributed by atoms with Gasteiger partial charge >= 0.3 is 0 Å². The van der Waals surface area contributed by atoms with Crippen molar-refractivity contribution in [2.24, 2.45) is 5.73 Å². The van der Waals surface area contributed by atoms with Crippen LogP contribution in [-0.4, -0.2) is 33.9 Å². The van der Waals surface area contributed by atoms with Crippen LogP contribution < -0.4 is 11.1 Å². The Hall–Kier alpha value is -0.683. The van der Waals surface area contributed by atoms with Gasteiger partial charge in [0.15, 0.2) is 0 Å². The topological polar surface area (TPSA) is 72.2 Å². The lowest BCUT2D eigenvalue weighted by Crippen LogP contribution is -2.30. The molecule has 5 heteroatoms. The van der Waals surface area contributed by atoms with Crippen LogP contribution in [0.3, 0.4) is 0 Å². The monoisotopic (exact) mass is 186 g/mol.